The van der Waals surface area contributed by atoms with E-state index in [9.17, 15) is 8.78 Å². The molecule has 0 aliphatic carbocycles. The molecule has 0 atom stereocenters. The van der Waals surface area contributed by atoms with Crippen LogP contribution >= 0.6 is 0 Å². The van der Waals surface area contributed by atoms with Crippen molar-refractivity contribution in [2.24, 2.45) is 0 Å². The van der Waals surface area contributed by atoms with Crippen molar-refractivity contribution in [1.29, 1.82) is 0 Å². The highest BCUT2D eigenvalue weighted by molar-refractivity contribution is 5.94. The maximum Gasteiger partial charge on any atom is 0.135 e. The number of hydrogen-bond acceptors (Lipinski definition) is 2. The van der Waals surface area contributed by atoms with Crippen LogP contribution in [-0.2, 0) is 0 Å². The summed E-state index contributed by atoms with van der Waals surface area (Å²) in [5.74, 6) is -1.71. The minimum absolute atomic E-state index is 0.200. The molecule has 0 saturated heterocycles. The molecule has 2 aromatic heterocycles. The minimum Gasteiger partial charge on any atom is -0.256 e. The first-order valence-electron chi connectivity index (χ1n) is 19.0. The summed E-state index contributed by atoms with van der Waals surface area (Å²) in [6.07, 6.45) is 3.61. The van der Waals surface area contributed by atoms with Crippen molar-refractivity contribution in [3.05, 3.63) is 217 Å². The first-order valence-corrected chi connectivity index (χ1v) is 19.0. The Morgan fingerprint density at radius 1 is 0.310 bits per heavy atom. The van der Waals surface area contributed by atoms with Crippen LogP contribution in [0.25, 0.3) is 89.3 Å². The topological polar surface area (TPSA) is 25.8 Å². The van der Waals surface area contributed by atoms with Crippen LogP contribution in [0.4, 0.5) is 13.2 Å². The zero-order valence-electron chi connectivity index (χ0n) is 31.5. The SMILES string of the molecule is Cc1cc(-c2cc(F)ccc2-c2ccc(-c3ccc(F)cc3F)nc2)cc(-c2ccccc2-c2cnc(-c3ccccc3)cc2-c2ccc(-c3ccccc3)cc2)c1. The summed E-state index contributed by atoms with van der Waals surface area (Å²) < 4.78 is 43.3. The van der Waals surface area contributed by atoms with Crippen LogP contribution in [0.15, 0.2) is 194 Å². The Morgan fingerprint density at radius 2 is 0.845 bits per heavy atom. The fraction of sp³-hybridized carbons (Fsp3) is 0.0189. The molecule has 0 fully saturated rings. The molecule has 9 rings (SSSR count). The summed E-state index contributed by atoms with van der Waals surface area (Å²) in [5, 5.41) is 0. The third kappa shape index (κ3) is 7.34. The fourth-order valence-corrected chi connectivity index (χ4v) is 7.63. The third-order valence-corrected chi connectivity index (χ3v) is 10.5. The smallest absolute Gasteiger partial charge is 0.135 e. The highest BCUT2D eigenvalue weighted by Gasteiger charge is 2.18. The van der Waals surface area contributed by atoms with Gasteiger partial charge in [0, 0.05) is 40.7 Å². The summed E-state index contributed by atoms with van der Waals surface area (Å²) in [6, 6.07) is 57.7. The highest BCUT2D eigenvalue weighted by Crippen LogP contribution is 2.42. The lowest BCUT2D eigenvalue weighted by Gasteiger charge is -2.18. The maximum atomic E-state index is 15.1. The number of hydrogen-bond donors (Lipinski definition) is 0. The van der Waals surface area contributed by atoms with Gasteiger partial charge in [0.1, 0.15) is 17.5 Å². The highest BCUT2D eigenvalue weighted by atomic mass is 19.1. The molecule has 5 heteroatoms. The number of benzene rings is 7. The van der Waals surface area contributed by atoms with Crippen LogP contribution in [0.1, 0.15) is 5.56 Å². The predicted octanol–water partition coefficient (Wildman–Crippen LogP) is 14.5. The molecule has 2 nitrogen and oxygen atoms in total. The van der Waals surface area contributed by atoms with Gasteiger partial charge in [-0.05, 0) is 111 Å². The van der Waals surface area contributed by atoms with E-state index in [0.717, 1.165) is 84.1 Å². The van der Waals surface area contributed by atoms with Gasteiger partial charge in [0.25, 0.3) is 0 Å². The number of rotatable bonds is 8. The normalized spacial score (nSPS) is 11.1. The summed E-state index contributed by atoms with van der Waals surface area (Å²) in [6.45, 7) is 2.04. The molecular weight excluding hydrogens is 722 g/mol. The lowest BCUT2D eigenvalue weighted by Crippen LogP contribution is -1.94. The average Bonchev–Trinajstić information content (AvgIpc) is 3.27. The van der Waals surface area contributed by atoms with Gasteiger partial charge in [-0.3, -0.25) is 9.97 Å². The Hall–Kier alpha value is -7.37. The van der Waals surface area contributed by atoms with Gasteiger partial charge in [0.15, 0.2) is 0 Å². The molecule has 7 aromatic carbocycles. The molecule has 0 radical (unpaired) electrons. The van der Waals surface area contributed by atoms with Crippen LogP contribution < -0.4 is 0 Å². The Bertz CT molecular complexity index is 2910. The van der Waals surface area contributed by atoms with Gasteiger partial charge in [-0.1, -0.05) is 133 Å². The van der Waals surface area contributed by atoms with Crippen molar-refractivity contribution < 1.29 is 13.2 Å². The Labute approximate surface area is 335 Å². The third-order valence-electron chi connectivity index (χ3n) is 10.5. The van der Waals surface area contributed by atoms with Crippen LogP contribution in [0, 0.1) is 24.4 Å². The van der Waals surface area contributed by atoms with E-state index in [1.54, 1.807) is 18.3 Å². The van der Waals surface area contributed by atoms with Gasteiger partial charge in [0.2, 0.25) is 0 Å². The molecule has 9 aromatic rings. The number of pyridine rings is 2. The van der Waals surface area contributed by atoms with E-state index in [4.69, 9.17) is 4.98 Å². The number of nitrogens with zero attached hydrogens (tertiary/aromatic N) is 2. The van der Waals surface area contributed by atoms with E-state index in [1.165, 1.54) is 24.3 Å². The zero-order chi connectivity index (χ0) is 39.6. The van der Waals surface area contributed by atoms with E-state index in [1.807, 2.05) is 67.7 Å². The molecule has 0 spiro atoms. The molecule has 0 bridgehead atoms. The van der Waals surface area contributed by atoms with Crippen LogP contribution in [-0.4, -0.2) is 9.97 Å². The maximum absolute atomic E-state index is 15.1. The van der Waals surface area contributed by atoms with Crippen LogP contribution in [0.2, 0.25) is 0 Å². The number of aryl methyl sites for hydroxylation is 1. The van der Waals surface area contributed by atoms with Crippen molar-refractivity contribution >= 4 is 0 Å². The standard InChI is InChI=1S/C53H35F3N2/c1-34-26-40(28-41(27-34)48-29-42(54)21-23-45(48)39-20-25-52(57-32-39)47-24-22-43(55)30-51(47)56)44-14-8-9-15-46(44)50-33-58-53(38-12-6-3-7-13-38)31-49(50)37-18-16-36(17-19-37)35-10-4-2-5-11-35/h2-33H,1H3. The molecule has 0 aliphatic rings. The molecule has 278 valence electrons. The molecule has 58 heavy (non-hydrogen) atoms. The van der Waals surface area contributed by atoms with Gasteiger partial charge in [-0.2, -0.15) is 0 Å². The molecule has 0 aliphatic heterocycles. The zero-order valence-corrected chi connectivity index (χ0v) is 31.5. The van der Waals surface area contributed by atoms with Crippen molar-refractivity contribution in [2.45, 2.75) is 6.92 Å². The van der Waals surface area contributed by atoms with Crippen molar-refractivity contribution in [3.63, 3.8) is 0 Å². The largest absolute Gasteiger partial charge is 0.256 e. The van der Waals surface area contributed by atoms with Crippen molar-refractivity contribution in [1.82, 2.24) is 9.97 Å². The van der Waals surface area contributed by atoms with E-state index in [-0.39, 0.29) is 11.4 Å². The van der Waals surface area contributed by atoms with E-state index in [0.29, 0.717) is 11.3 Å². The van der Waals surface area contributed by atoms with Gasteiger partial charge in [0.05, 0.1) is 11.4 Å². The molecule has 0 amide bonds. The summed E-state index contributed by atoms with van der Waals surface area (Å²) in [4.78, 5) is 9.52. The lowest BCUT2D eigenvalue weighted by molar-refractivity contribution is 0.585. The minimum atomic E-state index is -0.689. The Morgan fingerprint density at radius 3 is 1.53 bits per heavy atom. The van der Waals surface area contributed by atoms with E-state index < -0.39 is 11.6 Å². The number of halogens is 3. The fourth-order valence-electron chi connectivity index (χ4n) is 7.63. The molecule has 0 saturated carbocycles. The van der Waals surface area contributed by atoms with Gasteiger partial charge < -0.3 is 0 Å². The summed E-state index contributed by atoms with van der Waals surface area (Å²) in [7, 11) is 0. The van der Waals surface area contributed by atoms with Gasteiger partial charge in [-0.15, -0.1) is 0 Å². The second kappa shape index (κ2) is 15.6. The van der Waals surface area contributed by atoms with E-state index in [2.05, 4.69) is 89.9 Å². The van der Waals surface area contributed by atoms with Crippen molar-refractivity contribution in [3.8, 4) is 89.3 Å². The quantitative estimate of drug-likeness (QED) is 0.154. The monoisotopic (exact) mass is 756 g/mol. The van der Waals surface area contributed by atoms with Crippen LogP contribution in [0.5, 0.6) is 0 Å². The summed E-state index contributed by atoms with van der Waals surface area (Å²) in [5.41, 5.74) is 14.9. The molecule has 2 heterocycles. The van der Waals surface area contributed by atoms with E-state index >= 15 is 4.39 Å². The Kier molecular flexibility index (Phi) is 9.78. The predicted molar refractivity (Wildman–Crippen MR) is 230 cm³/mol. The van der Waals surface area contributed by atoms with Gasteiger partial charge in [-0.25, -0.2) is 13.2 Å². The summed E-state index contributed by atoms with van der Waals surface area (Å²) >= 11 is 0. The van der Waals surface area contributed by atoms with Crippen LogP contribution in [0.3, 0.4) is 0 Å². The average molecular weight is 757 g/mol. The molecule has 0 N–H and O–H groups in total. The lowest BCUT2D eigenvalue weighted by atomic mass is 9.87. The Balaban J connectivity index is 1.14. The molecular formula is C53H35F3N2. The molecule has 0 unspecified atom stereocenters. The first-order chi connectivity index (χ1) is 28.4. The second-order valence-corrected chi connectivity index (χ2v) is 14.3. The van der Waals surface area contributed by atoms with Gasteiger partial charge >= 0.3 is 0 Å². The van der Waals surface area contributed by atoms with Crippen molar-refractivity contribution in [2.75, 3.05) is 0 Å². The second-order valence-electron chi connectivity index (χ2n) is 14.3. The number of aromatic nitrogens is 2. The first kappa shape index (κ1) is 36.3.